The van der Waals surface area contributed by atoms with Gasteiger partial charge in [-0.15, -0.1) is 0 Å². The van der Waals surface area contributed by atoms with Crippen molar-refractivity contribution in [2.75, 3.05) is 13.1 Å². The molecule has 1 aromatic rings. The summed E-state index contributed by atoms with van der Waals surface area (Å²) in [5, 5.41) is 0. The van der Waals surface area contributed by atoms with Gasteiger partial charge >= 0.3 is 0 Å². The molecular formula is C20H25NO. The number of hydrogen-bond donors (Lipinski definition) is 0. The summed E-state index contributed by atoms with van der Waals surface area (Å²) in [6, 6.07) is 10.7. The third kappa shape index (κ3) is 3.38. The highest BCUT2D eigenvalue weighted by molar-refractivity contribution is 6.03. The quantitative estimate of drug-likeness (QED) is 0.783. The molecule has 1 aliphatic heterocycles. The Morgan fingerprint density at radius 3 is 2.36 bits per heavy atom. The number of allylic oxidation sites excluding steroid dienone is 2. The lowest BCUT2D eigenvalue weighted by Crippen LogP contribution is -2.34. The summed E-state index contributed by atoms with van der Waals surface area (Å²) in [4.78, 5) is 14.7. The van der Waals surface area contributed by atoms with Crippen LogP contribution in [-0.4, -0.2) is 23.8 Å². The van der Waals surface area contributed by atoms with E-state index in [1.807, 2.05) is 0 Å². The van der Waals surface area contributed by atoms with E-state index in [0.29, 0.717) is 11.5 Å². The summed E-state index contributed by atoms with van der Waals surface area (Å²) >= 11 is 0. The Morgan fingerprint density at radius 1 is 1.09 bits per heavy atom. The van der Waals surface area contributed by atoms with Crippen LogP contribution < -0.4 is 0 Å². The number of rotatable bonds is 4. The van der Waals surface area contributed by atoms with E-state index in [1.54, 1.807) is 0 Å². The number of carbonyl (C=O) groups excluding carboxylic acids is 1. The first-order valence-electron chi connectivity index (χ1n) is 8.31. The van der Waals surface area contributed by atoms with Gasteiger partial charge in [0.25, 0.3) is 0 Å². The van der Waals surface area contributed by atoms with Crippen LogP contribution >= 0.6 is 0 Å². The Hall–Kier alpha value is -1.67. The minimum Gasteiger partial charge on any atom is -0.299 e. The second-order valence-corrected chi connectivity index (χ2v) is 6.79. The van der Waals surface area contributed by atoms with E-state index in [4.69, 9.17) is 0 Å². The maximum atomic E-state index is 12.1. The number of carbonyl (C=O) groups is 1. The number of Topliss-reactive ketones (excluding diaryl/α,β-unsaturated/α-hetero) is 1. The summed E-state index contributed by atoms with van der Waals surface area (Å²) in [5.41, 5.74) is 3.02. The standard InChI is InChI=1S/C20H25NO/c1-15-12-19(20(22)16(15)2)13-17-8-10-21(11-9-17)14-18-6-4-3-5-7-18/h3-7,17,19H,1-2,8-14H2. The van der Waals surface area contributed by atoms with Gasteiger partial charge in [-0.2, -0.15) is 0 Å². The first-order valence-corrected chi connectivity index (χ1v) is 8.31. The molecule has 0 radical (unpaired) electrons. The van der Waals surface area contributed by atoms with Crippen LogP contribution in [0, 0.1) is 11.8 Å². The zero-order valence-electron chi connectivity index (χ0n) is 13.3. The molecular weight excluding hydrogens is 270 g/mol. The number of hydrogen-bond acceptors (Lipinski definition) is 2. The van der Waals surface area contributed by atoms with Crippen molar-refractivity contribution in [2.24, 2.45) is 11.8 Å². The van der Waals surface area contributed by atoms with Gasteiger partial charge in [0.05, 0.1) is 0 Å². The fourth-order valence-electron chi connectivity index (χ4n) is 3.75. The summed E-state index contributed by atoms with van der Waals surface area (Å²) in [6.45, 7) is 11.1. The average Bonchev–Trinajstić information content (AvgIpc) is 2.77. The van der Waals surface area contributed by atoms with E-state index >= 15 is 0 Å². The minimum atomic E-state index is 0.158. The molecule has 0 bridgehead atoms. The molecule has 1 saturated heterocycles. The molecule has 1 aromatic carbocycles. The van der Waals surface area contributed by atoms with Crippen LogP contribution in [0.3, 0.4) is 0 Å². The first kappa shape index (κ1) is 15.2. The summed E-state index contributed by atoms with van der Waals surface area (Å²) < 4.78 is 0. The van der Waals surface area contributed by atoms with Gasteiger partial charge in [-0.05, 0) is 55.8 Å². The van der Waals surface area contributed by atoms with Crippen LogP contribution in [0.2, 0.25) is 0 Å². The molecule has 1 saturated carbocycles. The number of benzene rings is 1. The summed E-state index contributed by atoms with van der Waals surface area (Å²) in [6.07, 6.45) is 4.27. The second kappa shape index (κ2) is 6.62. The molecule has 2 aliphatic rings. The number of ketones is 1. The van der Waals surface area contributed by atoms with Crippen molar-refractivity contribution in [1.82, 2.24) is 4.90 Å². The summed E-state index contributed by atoms with van der Waals surface area (Å²) in [7, 11) is 0. The van der Waals surface area contributed by atoms with Crippen LogP contribution in [0.15, 0.2) is 54.6 Å². The second-order valence-electron chi connectivity index (χ2n) is 6.79. The lowest BCUT2D eigenvalue weighted by atomic mass is 9.86. The maximum absolute atomic E-state index is 12.1. The molecule has 1 unspecified atom stereocenters. The molecule has 0 N–H and O–H groups in total. The van der Waals surface area contributed by atoms with Crippen molar-refractivity contribution in [2.45, 2.75) is 32.2 Å². The third-order valence-corrected chi connectivity index (χ3v) is 5.16. The Balaban J connectivity index is 1.47. The molecule has 22 heavy (non-hydrogen) atoms. The van der Waals surface area contributed by atoms with E-state index in [2.05, 4.69) is 48.4 Å². The molecule has 3 rings (SSSR count). The van der Waals surface area contributed by atoms with E-state index in [0.717, 1.165) is 38.0 Å². The average molecular weight is 295 g/mol. The lowest BCUT2D eigenvalue weighted by Gasteiger charge is -2.32. The van der Waals surface area contributed by atoms with Crippen LogP contribution in [0.5, 0.6) is 0 Å². The molecule has 2 nitrogen and oxygen atoms in total. The Bertz CT molecular complexity index is 567. The predicted molar refractivity (Wildman–Crippen MR) is 90.5 cm³/mol. The van der Waals surface area contributed by atoms with Crippen LogP contribution in [0.4, 0.5) is 0 Å². The van der Waals surface area contributed by atoms with Gasteiger partial charge in [-0.3, -0.25) is 9.69 Å². The van der Waals surface area contributed by atoms with Gasteiger partial charge < -0.3 is 0 Å². The van der Waals surface area contributed by atoms with Gasteiger partial charge in [0.1, 0.15) is 0 Å². The lowest BCUT2D eigenvalue weighted by molar-refractivity contribution is -0.118. The normalized spacial score (nSPS) is 24.2. The zero-order valence-corrected chi connectivity index (χ0v) is 13.3. The SMILES string of the molecule is C=C1CC(CC2CCN(Cc3ccccc3)CC2)C(=O)C1=C. The van der Waals surface area contributed by atoms with Gasteiger partial charge in [0.15, 0.2) is 5.78 Å². The fourth-order valence-corrected chi connectivity index (χ4v) is 3.75. The van der Waals surface area contributed by atoms with Crippen LogP contribution in [-0.2, 0) is 11.3 Å². The molecule has 1 atom stereocenters. The highest BCUT2D eigenvalue weighted by atomic mass is 16.1. The molecule has 116 valence electrons. The molecule has 0 spiro atoms. The van der Waals surface area contributed by atoms with Gasteiger partial charge in [0.2, 0.25) is 0 Å². The predicted octanol–water partition coefficient (Wildman–Crippen LogP) is 3.99. The monoisotopic (exact) mass is 295 g/mol. The Kier molecular flexibility index (Phi) is 4.58. The number of piperidine rings is 1. The van der Waals surface area contributed by atoms with Crippen molar-refractivity contribution in [3.8, 4) is 0 Å². The largest absolute Gasteiger partial charge is 0.299 e. The smallest absolute Gasteiger partial charge is 0.165 e. The van der Waals surface area contributed by atoms with E-state index < -0.39 is 0 Å². The first-order chi connectivity index (χ1) is 10.6. The zero-order chi connectivity index (χ0) is 15.5. The van der Waals surface area contributed by atoms with Crippen molar-refractivity contribution < 1.29 is 4.79 Å². The number of likely N-dealkylation sites (tertiary alicyclic amines) is 1. The molecule has 2 fully saturated rings. The van der Waals surface area contributed by atoms with E-state index in [9.17, 15) is 4.79 Å². The van der Waals surface area contributed by atoms with Gasteiger partial charge in [-0.1, -0.05) is 43.5 Å². The van der Waals surface area contributed by atoms with E-state index in [-0.39, 0.29) is 11.7 Å². The van der Waals surface area contributed by atoms with Crippen molar-refractivity contribution in [3.05, 3.63) is 60.2 Å². The van der Waals surface area contributed by atoms with Crippen LogP contribution in [0.25, 0.3) is 0 Å². The topological polar surface area (TPSA) is 20.3 Å². The highest BCUT2D eigenvalue weighted by Crippen LogP contribution is 2.36. The molecule has 1 heterocycles. The Morgan fingerprint density at radius 2 is 1.77 bits per heavy atom. The number of nitrogens with zero attached hydrogens (tertiary/aromatic N) is 1. The molecule has 0 amide bonds. The van der Waals surface area contributed by atoms with Crippen molar-refractivity contribution in [1.29, 1.82) is 0 Å². The summed E-state index contributed by atoms with van der Waals surface area (Å²) in [5.74, 6) is 1.09. The highest BCUT2D eigenvalue weighted by Gasteiger charge is 2.33. The van der Waals surface area contributed by atoms with Gasteiger partial charge in [-0.25, -0.2) is 0 Å². The van der Waals surface area contributed by atoms with Gasteiger partial charge in [0, 0.05) is 18.0 Å². The van der Waals surface area contributed by atoms with Crippen molar-refractivity contribution in [3.63, 3.8) is 0 Å². The van der Waals surface area contributed by atoms with Crippen molar-refractivity contribution >= 4 is 5.78 Å². The van der Waals surface area contributed by atoms with E-state index in [1.165, 1.54) is 18.4 Å². The molecule has 0 aromatic heterocycles. The molecule has 1 aliphatic carbocycles. The Labute approximate surface area is 133 Å². The maximum Gasteiger partial charge on any atom is 0.165 e. The third-order valence-electron chi connectivity index (χ3n) is 5.16. The fraction of sp³-hybridized carbons (Fsp3) is 0.450. The molecule has 2 heteroatoms. The minimum absolute atomic E-state index is 0.158. The van der Waals surface area contributed by atoms with Crippen LogP contribution in [0.1, 0.15) is 31.2 Å².